The van der Waals surface area contributed by atoms with Gasteiger partial charge in [-0.25, -0.2) is 0 Å². The minimum atomic E-state index is -0.444. The summed E-state index contributed by atoms with van der Waals surface area (Å²) >= 11 is 19.7. The Hall–Kier alpha value is -2.06. The molecule has 0 saturated carbocycles. The minimum Gasteiger partial charge on any atom is -0.362 e. The Morgan fingerprint density at radius 1 is 1.00 bits per heavy atom. The molecule has 1 aromatic heterocycles. The molecule has 2 heterocycles. The highest BCUT2D eigenvalue weighted by Gasteiger charge is 2.28. The third kappa shape index (κ3) is 3.88. The number of nitrogens with zero attached hydrogens (tertiary/aromatic N) is 3. The van der Waals surface area contributed by atoms with Crippen LogP contribution in [0.3, 0.4) is 0 Å². The molecule has 3 aromatic rings. The van der Waals surface area contributed by atoms with Crippen molar-refractivity contribution in [3.05, 3.63) is 66.5 Å². The van der Waals surface area contributed by atoms with Gasteiger partial charge in [0.05, 0.1) is 9.95 Å². The third-order valence-electron chi connectivity index (χ3n) is 4.83. The summed E-state index contributed by atoms with van der Waals surface area (Å²) in [5.74, 6) is -0.141. The van der Waals surface area contributed by atoms with E-state index in [2.05, 4.69) is 0 Å². The lowest BCUT2D eigenvalue weighted by molar-refractivity contribution is -0.384. The number of carbonyl (C=O) groups excluding carboxylic acids is 1. The van der Waals surface area contributed by atoms with Gasteiger partial charge in [0.2, 0.25) is 0 Å². The Labute approximate surface area is 185 Å². The maximum absolute atomic E-state index is 13.0. The van der Waals surface area contributed by atoms with Crippen molar-refractivity contribution in [2.45, 2.75) is 0 Å². The molecule has 1 aliphatic rings. The quantitative estimate of drug-likeness (QED) is 0.362. The van der Waals surface area contributed by atoms with Gasteiger partial charge in [-0.15, -0.1) is 11.3 Å². The highest BCUT2D eigenvalue weighted by Crippen LogP contribution is 2.38. The predicted molar refractivity (Wildman–Crippen MR) is 118 cm³/mol. The molecule has 10 heteroatoms. The van der Waals surface area contributed by atoms with Crippen LogP contribution in [0.2, 0.25) is 15.1 Å². The minimum absolute atomic E-state index is 0.0401. The van der Waals surface area contributed by atoms with E-state index in [1.54, 1.807) is 29.2 Å². The molecular weight excluding hydrogens is 457 g/mol. The van der Waals surface area contributed by atoms with E-state index in [4.69, 9.17) is 34.8 Å². The van der Waals surface area contributed by atoms with Crippen molar-refractivity contribution in [3.8, 4) is 0 Å². The van der Waals surface area contributed by atoms with Gasteiger partial charge in [0, 0.05) is 52.4 Å². The molecule has 0 aliphatic carbocycles. The normalized spacial score (nSPS) is 14.4. The van der Waals surface area contributed by atoms with Crippen LogP contribution in [0.1, 0.15) is 9.67 Å². The number of rotatable bonds is 3. The van der Waals surface area contributed by atoms with E-state index in [0.29, 0.717) is 51.8 Å². The molecule has 1 saturated heterocycles. The smallest absolute Gasteiger partial charge is 0.294 e. The molecule has 4 rings (SSSR count). The number of piperazine rings is 1. The second-order valence-corrected chi connectivity index (χ2v) is 8.86. The van der Waals surface area contributed by atoms with Gasteiger partial charge in [-0.05, 0) is 24.3 Å². The number of thiophene rings is 1. The molecule has 1 aliphatic heterocycles. The zero-order chi connectivity index (χ0) is 20.7. The first-order valence-corrected chi connectivity index (χ1v) is 10.7. The van der Waals surface area contributed by atoms with Crippen molar-refractivity contribution in [1.29, 1.82) is 0 Å². The number of fused-ring (bicyclic) bond motifs is 1. The first kappa shape index (κ1) is 20.2. The lowest BCUT2D eigenvalue weighted by Crippen LogP contribution is -2.48. The zero-order valence-electron chi connectivity index (χ0n) is 14.9. The fourth-order valence-corrected chi connectivity index (χ4v) is 5.30. The maximum Gasteiger partial charge on any atom is 0.294 e. The Balaban J connectivity index is 1.53. The van der Waals surface area contributed by atoms with E-state index >= 15 is 0 Å². The predicted octanol–water partition coefficient (Wildman–Crippen LogP) is 5.73. The lowest BCUT2D eigenvalue weighted by Gasteiger charge is -2.35. The second-order valence-electron chi connectivity index (χ2n) is 6.56. The zero-order valence-corrected chi connectivity index (χ0v) is 18.0. The summed E-state index contributed by atoms with van der Waals surface area (Å²) in [6.45, 7) is 1.82. The molecule has 0 bridgehead atoms. The van der Waals surface area contributed by atoms with Gasteiger partial charge in [0.25, 0.3) is 11.6 Å². The van der Waals surface area contributed by atoms with Crippen molar-refractivity contribution < 1.29 is 9.72 Å². The van der Waals surface area contributed by atoms with Crippen molar-refractivity contribution in [1.82, 2.24) is 4.90 Å². The summed E-state index contributed by atoms with van der Waals surface area (Å²) in [5.41, 5.74) is 0.461. The SMILES string of the molecule is O=C(c1sc2cc(Cl)ccc2c1Cl)N1CCN(c2ccc(Cl)cc2[N+](=O)[O-])CC1. The van der Waals surface area contributed by atoms with Crippen molar-refractivity contribution in [3.63, 3.8) is 0 Å². The average molecular weight is 471 g/mol. The van der Waals surface area contributed by atoms with Crippen molar-refractivity contribution in [2.24, 2.45) is 0 Å². The fraction of sp³-hybridized carbons (Fsp3) is 0.211. The van der Waals surface area contributed by atoms with Crippen LogP contribution in [0, 0.1) is 10.1 Å². The molecule has 0 radical (unpaired) electrons. The summed E-state index contributed by atoms with van der Waals surface area (Å²) in [7, 11) is 0. The van der Waals surface area contributed by atoms with E-state index in [1.807, 2.05) is 11.0 Å². The van der Waals surface area contributed by atoms with Crippen molar-refractivity contribution >= 4 is 73.5 Å². The Morgan fingerprint density at radius 3 is 2.34 bits per heavy atom. The number of nitro groups is 1. The number of carbonyl (C=O) groups is 1. The van der Waals surface area contributed by atoms with E-state index in [0.717, 1.165) is 10.1 Å². The topological polar surface area (TPSA) is 66.7 Å². The van der Waals surface area contributed by atoms with Gasteiger partial charge in [-0.1, -0.05) is 40.9 Å². The van der Waals surface area contributed by atoms with Gasteiger partial charge in [0.15, 0.2) is 0 Å². The van der Waals surface area contributed by atoms with Gasteiger partial charge < -0.3 is 9.80 Å². The summed E-state index contributed by atoms with van der Waals surface area (Å²) in [6, 6.07) is 9.96. The number of hydrogen-bond donors (Lipinski definition) is 0. The number of hydrogen-bond acceptors (Lipinski definition) is 5. The molecule has 2 aromatic carbocycles. The number of halogens is 3. The molecule has 6 nitrogen and oxygen atoms in total. The molecule has 150 valence electrons. The molecule has 0 atom stereocenters. The van der Waals surface area contributed by atoms with Crippen LogP contribution >= 0.6 is 46.1 Å². The fourth-order valence-electron chi connectivity index (χ4n) is 3.38. The summed E-state index contributed by atoms with van der Waals surface area (Å²) in [4.78, 5) is 28.0. The largest absolute Gasteiger partial charge is 0.362 e. The number of nitro benzene ring substituents is 1. The molecule has 0 unspecified atom stereocenters. The van der Waals surface area contributed by atoms with Crippen LogP contribution in [0.15, 0.2) is 36.4 Å². The first-order chi connectivity index (χ1) is 13.8. The summed E-state index contributed by atoms with van der Waals surface area (Å²) in [5, 5.41) is 13.5. The lowest BCUT2D eigenvalue weighted by atomic mass is 10.2. The van der Waals surface area contributed by atoms with Crippen LogP contribution in [0.5, 0.6) is 0 Å². The Kier molecular flexibility index (Phi) is 5.57. The van der Waals surface area contributed by atoms with Gasteiger partial charge in [-0.2, -0.15) is 0 Å². The third-order valence-corrected chi connectivity index (χ3v) is 6.94. The second kappa shape index (κ2) is 7.99. The van der Waals surface area contributed by atoms with E-state index in [-0.39, 0.29) is 11.6 Å². The monoisotopic (exact) mass is 469 g/mol. The molecule has 0 spiro atoms. The van der Waals surface area contributed by atoms with Crippen LogP contribution in [0.25, 0.3) is 10.1 Å². The molecule has 29 heavy (non-hydrogen) atoms. The summed E-state index contributed by atoms with van der Waals surface area (Å²) in [6.07, 6.45) is 0. The molecule has 0 N–H and O–H groups in total. The standard InChI is InChI=1S/C19H14Cl3N3O3S/c20-11-2-4-14(15(9-11)25(27)28)23-5-7-24(8-6-23)19(26)18-17(22)13-3-1-12(21)10-16(13)29-18/h1-4,9-10H,5-8H2. The van der Waals surface area contributed by atoms with Gasteiger partial charge >= 0.3 is 0 Å². The van der Waals surface area contributed by atoms with Crippen LogP contribution < -0.4 is 4.90 Å². The van der Waals surface area contributed by atoms with Crippen LogP contribution in [0.4, 0.5) is 11.4 Å². The molecule has 1 amide bonds. The Morgan fingerprint density at radius 2 is 1.66 bits per heavy atom. The van der Waals surface area contributed by atoms with Crippen LogP contribution in [-0.4, -0.2) is 41.9 Å². The van der Waals surface area contributed by atoms with Crippen LogP contribution in [-0.2, 0) is 0 Å². The first-order valence-electron chi connectivity index (χ1n) is 8.71. The molecule has 1 fully saturated rings. The highest BCUT2D eigenvalue weighted by molar-refractivity contribution is 7.21. The van der Waals surface area contributed by atoms with Gasteiger partial charge in [0.1, 0.15) is 10.6 Å². The molecular formula is C19H14Cl3N3O3S. The van der Waals surface area contributed by atoms with Gasteiger partial charge in [-0.3, -0.25) is 14.9 Å². The maximum atomic E-state index is 13.0. The average Bonchev–Trinajstić information content (AvgIpc) is 3.03. The van der Waals surface area contributed by atoms with E-state index in [9.17, 15) is 14.9 Å². The van der Waals surface area contributed by atoms with Crippen molar-refractivity contribution in [2.75, 3.05) is 31.1 Å². The van der Waals surface area contributed by atoms with E-state index in [1.165, 1.54) is 17.4 Å². The number of amides is 1. The Bertz CT molecular complexity index is 1130. The van der Waals surface area contributed by atoms with E-state index < -0.39 is 4.92 Å². The highest BCUT2D eigenvalue weighted by atomic mass is 35.5. The summed E-state index contributed by atoms with van der Waals surface area (Å²) < 4.78 is 0.862. The number of anilines is 1. The number of benzene rings is 2.